The van der Waals surface area contributed by atoms with Crippen LogP contribution in [0.1, 0.15) is 5.56 Å². The number of thiazole rings is 1. The first-order valence-electron chi connectivity index (χ1n) is 10.2. The molecular formula is C22H24N4O5S2. The zero-order valence-corrected chi connectivity index (χ0v) is 19.9. The van der Waals surface area contributed by atoms with Gasteiger partial charge in [0.15, 0.2) is 0 Å². The van der Waals surface area contributed by atoms with Gasteiger partial charge in [-0.2, -0.15) is 9.41 Å². The summed E-state index contributed by atoms with van der Waals surface area (Å²) in [5, 5.41) is 6.67. The standard InChI is InChI=1S/C22H24N4O5S2/c1-29-18-7-6-17(21(13-18)30-2)14-23-25-22-24-20(15-32-22)16-4-3-5-19(12-16)33(27,28)26-8-10-31-11-9-26/h3-7,12-15H,8-11H2,1-2H3,(H,24,25)/b23-14-. The van der Waals surface area contributed by atoms with Crippen molar-refractivity contribution >= 4 is 32.7 Å². The second kappa shape index (κ2) is 10.3. The van der Waals surface area contributed by atoms with Crippen LogP contribution < -0.4 is 14.9 Å². The first-order valence-corrected chi connectivity index (χ1v) is 12.5. The number of rotatable bonds is 8. The van der Waals surface area contributed by atoms with Crippen LogP contribution in [0.15, 0.2) is 57.8 Å². The van der Waals surface area contributed by atoms with Crippen LogP contribution in [0.5, 0.6) is 11.5 Å². The van der Waals surface area contributed by atoms with E-state index in [1.165, 1.54) is 15.6 Å². The number of sulfonamides is 1. The van der Waals surface area contributed by atoms with Gasteiger partial charge in [-0.15, -0.1) is 11.3 Å². The van der Waals surface area contributed by atoms with Crippen molar-refractivity contribution in [2.45, 2.75) is 4.90 Å². The number of hydrogen-bond donors (Lipinski definition) is 1. The van der Waals surface area contributed by atoms with Crippen LogP contribution in [-0.2, 0) is 14.8 Å². The molecule has 11 heteroatoms. The second-order valence-electron chi connectivity index (χ2n) is 7.06. The molecule has 33 heavy (non-hydrogen) atoms. The van der Waals surface area contributed by atoms with Crippen LogP contribution in [0, 0.1) is 0 Å². The normalized spacial score (nSPS) is 15.0. The molecule has 1 aliphatic rings. The Balaban J connectivity index is 1.48. The first kappa shape index (κ1) is 23.2. The van der Waals surface area contributed by atoms with Crippen LogP contribution in [-0.4, -0.2) is 64.4 Å². The van der Waals surface area contributed by atoms with Gasteiger partial charge in [0.2, 0.25) is 15.2 Å². The third kappa shape index (κ3) is 5.33. The molecule has 0 atom stereocenters. The van der Waals surface area contributed by atoms with E-state index in [-0.39, 0.29) is 4.90 Å². The van der Waals surface area contributed by atoms with Gasteiger partial charge in [0.1, 0.15) is 11.5 Å². The molecule has 1 aliphatic heterocycles. The summed E-state index contributed by atoms with van der Waals surface area (Å²) in [5.41, 5.74) is 5.07. The molecule has 1 aromatic heterocycles. The van der Waals surface area contributed by atoms with E-state index < -0.39 is 10.0 Å². The van der Waals surface area contributed by atoms with Gasteiger partial charge in [-0.25, -0.2) is 13.4 Å². The molecule has 3 aromatic rings. The molecule has 0 aliphatic carbocycles. The maximum atomic E-state index is 12.9. The van der Waals surface area contributed by atoms with Crippen LogP contribution in [0.3, 0.4) is 0 Å². The van der Waals surface area contributed by atoms with E-state index in [0.29, 0.717) is 48.6 Å². The van der Waals surface area contributed by atoms with Gasteiger partial charge in [-0.1, -0.05) is 12.1 Å². The van der Waals surface area contributed by atoms with E-state index in [1.54, 1.807) is 44.7 Å². The summed E-state index contributed by atoms with van der Waals surface area (Å²) in [6.45, 7) is 1.52. The first-order chi connectivity index (χ1) is 16.0. The third-order valence-corrected chi connectivity index (χ3v) is 7.69. The molecule has 0 bridgehead atoms. The number of benzene rings is 2. The van der Waals surface area contributed by atoms with Crippen molar-refractivity contribution < 1.29 is 22.6 Å². The Labute approximate surface area is 196 Å². The molecule has 4 rings (SSSR count). The molecule has 2 aromatic carbocycles. The highest BCUT2D eigenvalue weighted by molar-refractivity contribution is 7.89. The lowest BCUT2D eigenvalue weighted by molar-refractivity contribution is 0.0730. The Morgan fingerprint density at radius 3 is 2.73 bits per heavy atom. The van der Waals surface area contributed by atoms with Crippen molar-refractivity contribution in [3.8, 4) is 22.8 Å². The number of anilines is 1. The maximum absolute atomic E-state index is 12.9. The van der Waals surface area contributed by atoms with E-state index in [2.05, 4.69) is 15.5 Å². The Morgan fingerprint density at radius 2 is 1.97 bits per heavy atom. The van der Waals surface area contributed by atoms with E-state index in [1.807, 2.05) is 23.6 Å². The number of ether oxygens (including phenoxy) is 3. The Kier molecular flexibility index (Phi) is 7.23. The molecule has 174 valence electrons. The van der Waals surface area contributed by atoms with Crippen molar-refractivity contribution in [3.63, 3.8) is 0 Å². The van der Waals surface area contributed by atoms with E-state index in [9.17, 15) is 8.42 Å². The molecular weight excluding hydrogens is 464 g/mol. The topological polar surface area (TPSA) is 102 Å². The fourth-order valence-electron chi connectivity index (χ4n) is 3.29. The number of hydrogen-bond acceptors (Lipinski definition) is 9. The summed E-state index contributed by atoms with van der Waals surface area (Å²) in [4.78, 5) is 4.78. The summed E-state index contributed by atoms with van der Waals surface area (Å²) in [6, 6.07) is 12.3. The number of hydrazone groups is 1. The van der Waals surface area contributed by atoms with Gasteiger partial charge in [-0.3, -0.25) is 5.43 Å². The van der Waals surface area contributed by atoms with Crippen molar-refractivity contribution in [1.29, 1.82) is 0 Å². The van der Waals surface area contributed by atoms with Crippen LogP contribution in [0.4, 0.5) is 5.13 Å². The predicted octanol–water partition coefficient (Wildman–Crippen LogP) is 3.29. The summed E-state index contributed by atoms with van der Waals surface area (Å²) < 4.78 is 43.2. The SMILES string of the molecule is COc1ccc(/C=N\Nc2nc(-c3cccc(S(=O)(=O)N4CCOCC4)c3)cs2)c(OC)c1. The fraction of sp³-hybridized carbons (Fsp3) is 0.273. The minimum Gasteiger partial charge on any atom is -0.497 e. The molecule has 1 N–H and O–H groups in total. The number of methoxy groups -OCH3 is 2. The zero-order valence-electron chi connectivity index (χ0n) is 18.2. The Morgan fingerprint density at radius 1 is 1.15 bits per heavy atom. The van der Waals surface area contributed by atoms with E-state index in [4.69, 9.17) is 14.2 Å². The molecule has 0 unspecified atom stereocenters. The highest BCUT2D eigenvalue weighted by Gasteiger charge is 2.26. The molecule has 0 radical (unpaired) electrons. The van der Waals surface area contributed by atoms with Crippen LogP contribution in [0.2, 0.25) is 0 Å². The maximum Gasteiger partial charge on any atom is 0.243 e. The van der Waals surface area contributed by atoms with Gasteiger partial charge in [0, 0.05) is 35.7 Å². The van der Waals surface area contributed by atoms with Crippen LogP contribution >= 0.6 is 11.3 Å². The Hall–Kier alpha value is -2.99. The van der Waals surface area contributed by atoms with Crippen molar-refractivity contribution in [2.24, 2.45) is 5.10 Å². The second-order valence-corrected chi connectivity index (χ2v) is 9.86. The number of nitrogens with zero attached hydrogens (tertiary/aromatic N) is 3. The molecule has 9 nitrogen and oxygen atoms in total. The minimum atomic E-state index is -3.57. The minimum absolute atomic E-state index is 0.244. The highest BCUT2D eigenvalue weighted by atomic mass is 32.2. The number of morpholine rings is 1. The predicted molar refractivity (Wildman–Crippen MR) is 128 cm³/mol. The van der Waals surface area contributed by atoms with Gasteiger partial charge < -0.3 is 14.2 Å². The molecule has 0 spiro atoms. The monoisotopic (exact) mass is 488 g/mol. The highest BCUT2D eigenvalue weighted by Crippen LogP contribution is 2.28. The molecule has 1 fully saturated rings. The lowest BCUT2D eigenvalue weighted by Crippen LogP contribution is -2.40. The summed E-state index contributed by atoms with van der Waals surface area (Å²) >= 11 is 1.37. The number of nitrogens with one attached hydrogen (secondary N) is 1. The Bertz CT molecular complexity index is 1240. The third-order valence-electron chi connectivity index (χ3n) is 5.05. The van der Waals surface area contributed by atoms with Crippen molar-refractivity contribution in [3.05, 3.63) is 53.4 Å². The number of aromatic nitrogens is 1. The quantitative estimate of drug-likeness (QED) is 0.383. The molecule has 2 heterocycles. The largest absolute Gasteiger partial charge is 0.497 e. The van der Waals surface area contributed by atoms with E-state index >= 15 is 0 Å². The zero-order chi connectivity index (χ0) is 23.3. The van der Waals surface area contributed by atoms with E-state index in [0.717, 1.165) is 11.1 Å². The lowest BCUT2D eigenvalue weighted by Gasteiger charge is -2.26. The summed E-state index contributed by atoms with van der Waals surface area (Å²) in [6.07, 6.45) is 1.63. The van der Waals surface area contributed by atoms with Gasteiger partial charge in [0.25, 0.3) is 0 Å². The molecule has 0 amide bonds. The van der Waals surface area contributed by atoms with Gasteiger partial charge in [0.05, 0.1) is 44.2 Å². The van der Waals surface area contributed by atoms with Crippen molar-refractivity contribution in [1.82, 2.24) is 9.29 Å². The smallest absolute Gasteiger partial charge is 0.243 e. The van der Waals surface area contributed by atoms with Crippen molar-refractivity contribution in [2.75, 3.05) is 45.9 Å². The van der Waals surface area contributed by atoms with Gasteiger partial charge >= 0.3 is 0 Å². The summed E-state index contributed by atoms with van der Waals surface area (Å²) in [5.74, 6) is 1.33. The summed E-state index contributed by atoms with van der Waals surface area (Å²) in [7, 11) is -0.395. The average Bonchev–Trinajstić information content (AvgIpc) is 3.34. The lowest BCUT2D eigenvalue weighted by atomic mass is 10.2. The van der Waals surface area contributed by atoms with Gasteiger partial charge in [-0.05, 0) is 24.3 Å². The fourth-order valence-corrected chi connectivity index (χ4v) is 5.41. The molecule has 1 saturated heterocycles. The molecule has 0 saturated carbocycles. The average molecular weight is 489 g/mol. The van der Waals surface area contributed by atoms with Crippen LogP contribution in [0.25, 0.3) is 11.3 Å².